The molecule has 3 heteroatoms. The van der Waals surface area contributed by atoms with E-state index >= 15 is 0 Å². The Balaban J connectivity index is 2.02. The van der Waals surface area contributed by atoms with Crippen LogP contribution in [0.5, 0.6) is 0 Å². The second-order valence-electron chi connectivity index (χ2n) is 6.55. The number of methoxy groups -OCH3 is 1. The average Bonchev–Trinajstić information content (AvgIpc) is 2.78. The Morgan fingerprint density at radius 1 is 1.42 bits per heavy atom. The van der Waals surface area contributed by atoms with Crippen molar-refractivity contribution in [3.05, 3.63) is 12.2 Å². The summed E-state index contributed by atoms with van der Waals surface area (Å²) in [6.07, 6.45) is 5.03. The lowest BCUT2D eigenvalue weighted by atomic mass is 9.62. The number of esters is 1. The number of ketones is 1. The van der Waals surface area contributed by atoms with Crippen LogP contribution in [0, 0.1) is 22.7 Å². The van der Waals surface area contributed by atoms with Crippen LogP contribution >= 0.6 is 0 Å². The molecule has 0 aromatic carbocycles. The van der Waals surface area contributed by atoms with Crippen LogP contribution in [0.25, 0.3) is 0 Å². The molecule has 3 aliphatic carbocycles. The van der Waals surface area contributed by atoms with E-state index in [2.05, 4.69) is 13.5 Å². The summed E-state index contributed by atoms with van der Waals surface area (Å²) in [7, 11) is 1.39. The lowest BCUT2D eigenvalue weighted by Crippen LogP contribution is -2.48. The third-order valence-corrected chi connectivity index (χ3v) is 6.05. The van der Waals surface area contributed by atoms with Gasteiger partial charge in [-0.2, -0.15) is 0 Å². The Bertz CT molecular complexity index is 467. The molecule has 3 nitrogen and oxygen atoms in total. The molecule has 0 N–H and O–H groups in total. The number of carbonyl (C=O) groups is 2. The summed E-state index contributed by atoms with van der Waals surface area (Å²) in [6.45, 7) is 6.37. The highest BCUT2D eigenvalue weighted by Gasteiger charge is 2.69. The summed E-state index contributed by atoms with van der Waals surface area (Å²) in [5.41, 5.74) is 0.113. The highest BCUT2D eigenvalue weighted by atomic mass is 16.5. The molecular formula is C16H22O3. The molecule has 104 valence electrons. The minimum absolute atomic E-state index is 0.167. The van der Waals surface area contributed by atoms with Crippen LogP contribution < -0.4 is 0 Å². The van der Waals surface area contributed by atoms with Crippen molar-refractivity contribution in [1.82, 2.24) is 0 Å². The summed E-state index contributed by atoms with van der Waals surface area (Å²) >= 11 is 0. The minimum atomic E-state index is -0.825. The largest absolute Gasteiger partial charge is 0.468 e. The van der Waals surface area contributed by atoms with Crippen molar-refractivity contribution in [2.45, 2.75) is 45.4 Å². The van der Waals surface area contributed by atoms with Gasteiger partial charge in [0, 0.05) is 5.41 Å². The summed E-state index contributed by atoms with van der Waals surface area (Å²) in [4.78, 5) is 25.1. The van der Waals surface area contributed by atoms with E-state index in [0.29, 0.717) is 24.7 Å². The van der Waals surface area contributed by atoms with E-state index in [4.69, 9.17) is 4.74 Å². The zero-order valence-electron chi connectivity index (χ0n) is 11.8. The summed E-state index contributed by atoms with van der Waals surface area (Å²) in [5, 5.41) is 0. The average molecular weight is 262 g/mol. The van der Waals surface area contributed by atoms with Crippen LogP contribution in [0.15, 0.2) is 12.2 Å². The van der Waals surface area contributed by atoms with E-state index in [1.807, 2.05) is 0 Å². The quantitative estimate of drug-likeness (QED) is 0.436. The normalized spacial score (nSPS) is 44.3. The predicted octanol–water partition coefficient (Wildman–Crippen LogP) is 2.89. The predicted molar refractivity (Wildman–Crippen MR) is 71.4 cm³/mol. The Morgan fingerprint density at radius 2 is 2.16 bits per heavy atom. The Kier molecular flexibility index (Phi) is 2.67. The fourth-order valence-corrected chi connectivity index (χ4v) is 5.18. The van der Waals surface area contributed by atoms with Crippen molar-refractivity contribution in [3.63, 3.8) is 0 Å². The van der Waals surface area contributed by atoms with Gasteiger partial charge in [0.15, 0.2) is 5.78 Å². The molecule has 1 spiro atoms. The number of allylic oxidation sites excluding steroid dienone is 1. The number of hydrogen-bond donors (Lipinski definition) is 0. The number of rotatable bonds is 2. The maximum absolute atomic E-state index is 13.0. The molecule has 4 atom stereocenters. The second kappa shape index (κ2) is 3.94. The molecule has 0 aromatic rings. The van der Waals surface area contributed by atoms with E-state index in [-0.39, 0.29) is 17.2 Å². The van der Waals surface area contributed by atoms with E-state index in [1.165, 1.54) is 12.7 Å². The van der Waals surface area contributed by atoms with E-state index < -0.39 is 5.41 Å². The van der Waals surface area contributed by atoms with Gasteiger partial charge in [0.2, 0.25) is 0 Å². The van der Waals surface area contributed by atoms with Crippen LogP contribution in [0.2, 0.25) is 0 Å². The number of Topliss-reactive ketones (excluding diaryl/α,β-unsaturated/α-hetero) is 1. The molecule has 0 aromatic heterocycles. The number of carbonyl (C=O) groups excluding carboxylic acids is 2. The van der Waals surface area contributed by atoms with E-state index in [9.17, 15) is 9.59 Å². The van der Waals surface area contributed by atoms with Crippen LogP contribution in [0.1, 0.15) is 45.4 Å². The van der Waals surface area contributed by atoms with Crippen molar-refractivity contribution in [2.24, 2.45) is 22.7 Å². The lowest BCUT2D eigenvalue weighted by Gasteiger charge is -2.40. The van der Waals surface area contributed by atoms with Crippen LogP contribution in [-0.4, -0.2) is 18.9 Å². The smallest absolute Gasteiger partial charge is 0.319 e. The van der Waals surface area contributed by atoms with Gasteiger partial charge >= 0.3 is 5.97 Å². The summed E-state index contributed by atoms with van der Waals surface area (Å²) in [6, 6.07) is 0. The fourth-order valence-electron chi connectivity index (χ4n) is 5.18. The Labute approximate surface area is 114 Å². The highest BCUT2D eigenvalue weighted by molar-refractivity contribution is 6.09. The van der Waals surface area contributed by atoms with Gasteiger partial charge in [0.05, 0.1) is 7.11 Å². The topological polar surface area (TPSA) is 43.4 Å². The van der Waals surface area contributed by atoms with Gasteiger partial charge in [-0.15, -0.1) is 0 Å². The molecular weight excluding hydrogens is 240 g/mol. The molecule has 3 saturated carbocycles. The Hall–Kier alpha value is -1.12. The van der Waals surface area contributed by atoms with Crippen molar-refractivity contribution in [3.8, 4) is 0 Å². The van der Waals surface area contributed by atoms with Crippen molar-refractivity contribution < 1.29 is 14.3 Å². The summed E-state index contributed by atoms with van der Waals surface area (Å²) < 4.78 is 4.92. The van der Waals surface area contributed by atoms with Gasteiger partial charge in [0.25, 0.3) is 0 Å². The molecule has 0 saturated heterocycles. The monoisotopic (exact) mass is 262 g/mol. The van der Waals surface area contributed by atoms with Gasteiger partial charge in [-0.25, -0.2) is 0 Å². The van der Waals surface area contributed by atoms with Crippen molar-refractivity contribution in [1.29, 1.82) is 0 Å². The minimum Gasteiger partial charge on any atom is -0.468 e. The van der Waals surface area contributed by atoms with Crippen molar-refractivity contribution >= 4 is 11.8 Å². The van der Waals surface area contributed by atoms with Crippen LogP contribution in [0.3, 0.4) is 0 Å². The molecule has 0 aliphatic heterocycles. The van der Waals surface area contributed by atoms with Crippen LogP contribution in [0.4, 0.5) is 0 Å². The molecule has 0 unspecified atom stereocenters. The number of fused-ring (bicyclic) bond motifs is 1. The first-order valence-electron chi connectivity index (χ1n) is 7.33. The van der Waals surface area contributed by atoms with Gasteiger partial charge in [-0.05, 0) is 50.4 Å². The molecule has 0 radical (unpaired) electrons. The van der Waals surface area contributed by atoms with Gasteiger partial charge in [-0.1, -0.05) is 19.1 Å². The number of ether oxygens (including phenoxy) is 1. The first-order chi connectivity index (χ1) is 9.01. The van der Waals surface area contributed by atoms with Gasteiger partial charge < -0.3 is 4.74 Å². The maximum atomic E-state index is 13.0. The third-order valence-electron chi connectivity index (χ3n) is 6.05. The first-order valence-corrected chi connectivity index (χ1v) is 7.33. The molecule has 3 fully saturated rings. The SMILES string of the molecule is C=C1C[C@@]23CC[C@@](C(=O)OC)(CC[C@H]2[C@H]1CC)C3=O. The van der Waals surface area contributed by atoms with E-state index in [0.717, 1.165) is 25.7 Å². The standard InChI is InChI=1S/C16H22O3/c1-4-11-10(2)9-16-8-7-15(13(16)17,14(18)19-3)6-5-12(11)16/h11-12H,2,4-9H2,1,3H3/t11-,12-,15-,16-/m0/s1. The molecule has 2 bridgehead atoms. The van der Waals surface area contributed by atoms with E-state index in [1.54, 1.807) is 0 Å². The molecule has 3 aliphatic rings. The zero-order valence-corrected chi connectivity index (χ0v) is 11.8. The van der Waals surface area contributed by atoms with Gasteiger partial charge in [-0.3, -0.25) is 9.59 Å². The third kappa shape index (κ3) is 1.34. The summed E-state index contributed by atoms with van der Waals surface area (Å²) in [5.74, 6) is 0.745. The highest BCUT2D eigenvalue weighted by Crippen LogP contribution is 2.67. The van der Waals surface area contributed by atoms with Crippen LogP contribution in [-0.2, 0) is 14.3 Å². The van der Waals surface area contributed by atoms with Crippen molar-refractivity contribution in [2.75, 3.05) is 7.11 Å². The Morgan fingerprint density at radius 3 is 2.79 bits per heavy atom. The lowest BCUT2D eigenvalue weighted by molar-refractivity contribution is -0.162. The first kappa shape index (κ1) is 12.9. The molecule has 0 heterocycles. The molecule has 3 rings (SSSR count). The fraction of sp³-hybridized carbons (Fsp3) is 0.750. The second-order valence-corrected chi connectivity index (χ2v) is 6.55. The molecule has 0 amide bonds. The zero-order chi connectivity index (χ0) is 13.8. The maximum Gasteiger partial charge on any atom is 0.319 e. The van der Waals surface area contributed by atoms with Gasteiger partial charge in [0.1, 0.15) is 5.41 Å². The molecule has 19 heavy (non-hydrogen) atoms. The number of hydrogen-bond acceptors (Lipinski definition) is 3.